The van der Waals surface area contributed by atoms with Crippen LogP contribution in [0.1, 0.15) is 13.8 Å². The first-order valence-corrected chi connectivity index (χ1v) is 5.51. The Kier molecular flexibility index (Phi) is 9.03. The molecule has 0 rings (SSSR count). The van der Waals surface area contributed by atoms with Gasteiger partial charge in [0, 0.05) is 0 Å². The minimum Gasteiger partial charge on any atom is -0.394 e. The summed E-state index contributed by atoms with van der Waals surface area (Å²) in [4.78, 5) is 0. The smallest absolute Gasteiger partial charge is 0.104 e. The van der Waals surface area contributed by atoms with Crippen LogP contribution >= 0.6 is 23.2 Å². The molecule has 0 spiro atoms. The van der Waals surface area contributed by atoms with Crippen LogP contribution in [0.4, 0.5) is 0 Å². The van der Waals surface area contributed by atoms with Gasteiger partial charge in [-0.25, -0.2) is 0 Å². The zero-order valence-corrected chi connectivity index (χ0v) is 10.1. The van der Waals surface area contributed by atoms with E-state index >= 15 is 0 Å². The van der Waals surface area contributed by atoms with Gasteiger partial charge in [0.25, 0.3) is 0 Å². The van der Waals surface area contributed by atoms with Gasteiger partial charge in [0.2, 0.25) is 0 Å². The van der Waals surface area contributed by atoms with E-state index in [1.54, 1.807) is 0 Å². The molecular formula is C9H18Cl2O3. The lowest BCUT2D eigenvalue weighted by molar-refractivity contribution is -0.0407. The van der Waals surface area contributed by atoms with Crippen molar-refractivity contribution in [3.05, 3.63) is 0 Å². The van der Waals surface area contributed by atoms with Crippen molar-refractivity contribution in [2.24, 2.45) is 0 Å². The molecule has 5 heteroatoms. The van der Waals surface area contributed by atoms with E-state index in [9.17, 15) is 0 Å². The normalized spacial score (nSPS) is 17.8. The van der Waals surface area contributed by atoms with Gasteiger partial charge < -0.3 is 14.6 Å². The Bertz CT molecular complexity index is 131. The molecule has 3 unspecified atom stereocenters. The monoisotopic (exact) mass is 244 g/mol. The predicted octanol–water partition coefficient (Wildman–Crippen LogP) is 1.64. The molecule has 14 heavy (non-hydrogen) atoms. The van der Waals surface area contributed by atoms with Crippen molar-refractivity contribution in [2.75, 3.05) is 26.4 Å². The summed E-state index contributed by atoms with van der Waals surface area (Å²) in [5, 5.41) is 8.84. The highest BCUT2D eigenvalue weighted by Gasteiger charge is 2.10. The van der Waals surface area contributed by atoms with Crippen molar-refractivity contribution in [3.8, 4) is 0 Å². The molecule has 0 aromatic rings. The summed E-state index contributed by atoms with van der Waals surface area (Å²) in [6, 6.07) is 0. The highest BCUT2D eigenvalue weighted by molar-refractivity contribution is 6.20. The largest absolute Gasteiger partial charge is 0.394 e. The Morgan fingerprint density at radius 3 is 2.07 bits per heavy atom. The second-order valence-corrected chi connectivity index (χ2v) is 4.73. The Morgan fingerprint density at radius 2 is 1.64 bits per heavy atom. The van der Waals surface area contributed by atoms with Crippen molar-refractivity contribution >= 4 is 23.2 Å². The van der Waals surface area contributed by atoms with Crippen molar-refractivity contribution in [3.63, 3.8) is 0 Å². The van der Waals surface area contributed by atoms with Gasteiger partial charge in [-0.1, -0.05) is 0 Å². The minimum absolute atomic E-state index is 0.0266. The quantitative estimate of drug-likeness (QED) is 0.660. The van der Waals surface area contributed by atoms with Crippen LogP contribution in [0, 0.1) is 0 Å². The van der Waals surface area contributed by atoms with E-state index in [-0.39, 0.29) is 23.5 Å². The molecule has 0 aliphatic carbocycles. The molecule has 0 amide bonds. The van der Waals surface area contributed by atoms with E-state index in [4.69, 9.17) is 37.8 Å². The van der Waals surface area contributed by atoms with Gasteiger partial charge in [0.1, 0.15) is 6.10 Å². The Morgan fingerprint density at radius 1 is 1.07 bits per heavy atom. The molecule has 86 valence electrons. The highest BCUT2D eigenvalue weighted by Crippen LogP contribution is 2.01. The third-order valence-electron chi connectivity index (χ3n) is 1.42. The van der Waals surface area contributed by atoms with Crippen molar-refractivity contribution < 1.29 is 14.6 Å². The molecule has 0 aliphatic heterocycles. The highest BCUT2D eigenvalue weighted by atomic mass is 35.5. The van der Waals surface area contributed by atoms with E-state index in [1.165, 1.54) is 0 Å². The molecule has 1 N–H and O–H groups in total. The number of aliphatic hydroxyl groups is 1. The van der Waals surface area contributed by atoms with Gasteiger partial charge >= 0.3 is 0 Å². The number of hydrogen-bond acceptors (Lipinski definition) is 3. The topological polar surface area (TPSA) is 38.7 Å². The maximum absolute atomic E-state index is 8.92. The predicted molar refractivity (Wildman–Crippen MR) is 58.3 cm³/mol. The zero-order chi connectivity index (χ0) is 11.0. The molecular weight excluding hydrogens is 227 g/mol. The second kappa shape index (κ2) is 8.74. The number of alkyl halides is 2. The Labute approximate surface area is 95.3 Å². The Hall–Kier alpha value is 0.460. The third kappa shape index (κ3) is 9.03. The van der Waals surface area contributed by atoms with Crippen molar-refractivity contribution in [1.29, 1.82) is 0 Å². The number of aliphatic hydroxyl groups excluding tert-OH is 1. The number of halogens is 2. The summed E-state index contributed by atoms with van der Waals surface area (Å²) in [5.41, 5.74) is 0. The lowest BCUT2D eigenvalue weighted by atomic mass is 10.4. The summed E-state index contributed by atoms with van der Waals surface area (Å²) in [7, 11) is 0. The summed E-state index contributed by atoms with van der Waals surface area (Å²) >= 11 is 11.4. The van der Waals surface area contributed by atoms with Crippen LogP contribution in [-0.4, -0.2) is 48.4 Å². The van der Waals surface area contributed by atoms with E-state index in [2.05, 4.69) is 0 Å². The minimum atomic E-state index is -0.313. The second-order valence-electron chi connectivity index (χ2n) is 3.24. The van der Waals surface area contributed by atoms with E-state index < -0.39 is 0 Å². The van der Waals surface area contributed by atoms with E-state index in [0.717, 1.165) is 0 Å². The van der Waals surface area contributed by atoms with Crippen LogP contribution in [0.15, 0.2) is 0 Å². The first-order chi connectivity index (χ1) is 6.56. The van der Waals surface area contributed by atoms with E-state index in [1.807, 2.05) is 13.8 Å². The van der Waals surface area contributed by atoms with Crippen LogP contribution in [0.5, 0.6) is 0 Å². The molecule has 3 nitrogen and oxygen atoms in total. The fourth-order valence-corrected chi connectivity index (χ4v) is 0.946. The fraction of sp³-hybridized carbons (Fsp3) is 1.00. The van der Waals surface area contributed by atoms with Crippen LogP contribution in [0.2, 0.25) is 0 Å². The number of rotatable bonds is 8. The van der Waals surface area contributed by atoms with Crippen molar-refractivity contribution in [2.45, 2.75) is 30.7 Å². The van der Waals surface area contributed by atoms with Gasteiger partial charge in [0.15, 0.2) is 0 Å². The molecule has 0 fully saturated rings. The van der Waals surface area contributed by atoms with Gasteiger partial charge in [-0.2, -0.15) is 0 Å². The standard InChI is InChI=1S/C9H18Cl2O3/c1-7(10)4-13-6-9(3-12)14-5-8(2)11/h7-9,12H,3-6H2,1-2H3. The molecule has 0 saturated heterocycles. The fourth-order valence-electron chi connectivity index (χ4n) is 0.784. The molecule has 0 aromatic heterocycles. The lowest BCUT2D eigenvalue weighted by Gasteiger charge is -2.16. The van der Waals surface area contributed by atoms with E-state index in [0.29, 0.717) is 19.8 Å². The number of ether oxygens (including phenoxy) is 2. The molecule has 3 atom stereocenters. The molecule has 0 aromatic carbocycles. The molecule has 0 aliphatic rings. The third-order valence-corrected chi connectivity index (χ3v) is 1.67. The average molecular weight is 245 g/mol. The van der Waals surface area contributed by atoms with Crippen LogP contribution < -0.4 is 0 Å². The van der Waals surface area contributed by atoms with Crippen LogP contribution in [-0.2, 0) is 9.47 Å². The molecule has 0 heterocycles. The van der Waals surface area contributed by atoms with Gasteiger partial charge in [-0.3, -0.25) is 0 Å². The first kappa shape index (κ1) is 14.5. The SMILES string of the molecule is CC(Cl)COCC(CO)OCC(C)Cl. The summed E-state index contributed by atoms with van der Waals surface area (Å²) in [6.07, 6.45) is -0.313. The summed E-state index contributed by atoms with van der Waals surface area (Å²) in [5.74, 6) is 0. The van der Waals surface area contributed by atoms with Crippen LogP contribution in [0.3, 0.4) is 0 Å². The zero-order valence-electron chi connectivity index (χ0n) is 8.58. The maximum atomic E-state index is 8.92. The van der Waals surface area contributed by atoms with Gasteiger partial charge in [0.05, 0.1) is 37.2 Å². The summed E-state index contributed by atoms with van der Waals surface area (Å²) in [6.45, 7) is 4.82. The lowest BCUT2D eigenvalue weighted by Crippen LogP contribution is -2.27. The number of hydrogen-bond donors (Lipinski definition) is 1. The average Bonchev–Trinajstić information content (AvgIpc) is 2.10. The van der Waals surface area contributed by atoms with Gasteiger partial charge in [-0.05, 0) is 13.8 Å². The van der Waals surface area contributed by atoms with Gasteiger partial charge in [-0.15, -0.1) is 23.2 Å². The van der Waals surface area contributed by atoms with Crippen LogP contribution in [0.25, 0.3) is 0 Å². The molecule has 0 bridgehead atoms. The van der Waals surface area contributed by atoms with Crippen molar-refractivity contribution in [1.82, 2.24) is 0 Å². The molecule has 0 saturated carbocycles. The summed E-state index contributed by atoms with van der Waals surface area (Å²) < 4.78 is 10.5. The Balaban J connectivity index is 3.48. The molecule has 0 radical (unpaired) electrons. The maximum Gasteiger partial charge on any atom is 0.104 e. The first-order valence-electron chi connectivity index (χ1n) is 4.64.